The van der Waals surface area contributed by atoms with Crippen molar-refractivity contribution in [3.8, 4) is 0 Å². The summed E-state index contributed by atoms with van der Waals surface area (Å²) in [5, 5.41) is 2.90. The molecule has 2 aromatic carbocycles. The van der Waals surface area contributed by atoms with Crippen molar-refractivity contribution in [2.45, 2.75) is 32.7 Å². The molecule has 0 saturated heterocycles. The van der Waals surface area contributed by atoms with E-state index in [4.69, 9.17) is 9.47 Å². The van der Waals surface area contributed by atoms with E-state index < -0.39 is 11.6 Å². The van der Waals surface area contributed by atoms with Crippen molar-refractivity contribution in [1.82, 2.24) is 5.32 Å². The molecule has 5 heteroatoms. The van der Waals surface area contributed by atoms with Crippen LogP contribution in [-0.2, 0) is 15.0 Å². The number of carbonyl (C=O) groups excluding carboxylic acids is 2. The second-order valence-electron chi connectivity index (χ2n) is 8.63. The maximum atomic E-state index is 12.6. The molecule has 0 fully saturated rings. The third kappa shape index (κ3) is 6.82. The van der Waals surface area contributed by atoms with E-state index in [1.807, 2.05) is 75.4 Å². The van der Waals surface area contributed by atoms with Gasteiger partial charge >= 0.3 is 6.09 Å². The zero-order chi connectivity index (χ0) is 24.6. The summed E-state index contributed by atoms with van der Waals surface area (Å²) in [7, 11) is 0. The van der Waals surface area contributed by atoms with Gasteiger partial charge in [-0.25, -0.2) is 4.79 Å². The van der Waals surface area contributed by atoms with Crippen LogP contribution in [0, 0.1) is 0 Å². The van der Waals surface area contributed by atoms with E-state index in [2.05, 4.69) is 11.9 Å². The summed E-state index contributed by atoms with van der Waals surface area (Å²) < 4.78 is 11.0. The minimum Gasteiger partial charge on any atom is -0.490 e. The quantitative estimate of drug-likeness (QED) is 0.352. The van der Waals surface area contributed by atoms with Gasteiger partial charge in [0, 0.05) is 11.1 Å². The minimum atomic E-state index is -0.608. The first-order chi connectivity index (χ1) is 16.3. The first kappa shape index (κ1) is 24.8. The Morgan fingerprint density at radius 1 is 0.971 bits per heavy atom. The average molecular weight is 458 g/mol. The Morgan fingerprint density at radius 3 is 2.44 bits per heavy atom. The molecule has 0 saturated carbocycles. The van der Waals surface area contributed by atoms with Crippen LogP contribution in [0.25, 0.3) is 5.57 Å². The van der Waals surface area contributed by atoms with Crippen molar-refractivity contribution in [2.75, 3.05) is 13.2 Å². The van der Waals surface area contributed by atoms with E-state index >= 15 is 0 Å². The second-order valence-corrected chi connectivity index (χ2v) is 8.63. The molecule has 0 radical (unpaired) electrons. The molecule has 1 aliphatic rings. The Hall–Kier alpha value is -3.86. The van der Waals surface area contributed by atoms with Crippen molar-refractivity contribution in [2.24, 2.45) is 0 Å². The fraction of sp³-hybridized carbons (Fsp3) is 0.241. The van der Waals surface area contributed by atoms with Crippen LogP contribution in [0.15, 0.2) is 96.8 Å². The van der Waals surface area contributed by atoms with E-state index in [9.17, 15) is 9.59 Å². The molecule has 0 aromatic heterocycles. The summed E-state index contributed by atoms with van der Waals surface area (Å²) >= 11 is 0. The van der Waals surface area contributed by atoms with Crippen LogP contribution in [0.3, 0.4) is 0 Å². The lowest BCUT2D eigenvalue weighted by Crippen LogP contribution is -2.41. The van der Waals surface area contributed by atoms with Gasteiger partial charge < -0.3 is 14.8 Å². The van der Waals surface area contributed by atoms with Gasteiger partial charge in [0.25, 0.3) is 0 Å². The lowest BCUT2D eigenvalue weighted by molar-refractivity contribution is 0.0999. The standard InChI is InChI=1S/C29H31NO4/c1-21(2)24-13-8-14-25(20-24)29(3,4)30-28(32)34-19-18-33-26-15-9-12-23(16-17-26)27(31)22-10-6-5-7-11-22/h5-8,10-17,20H,1,9,18-19H2,2-4H3,(H,30,32). The minimum absolute atomic E-state index is 0.0251. The number of carbonyl (C=O) groups is 2. The van der Waals surface area contributed by atoms with Crippen LogP contribution in [0.2, 0.25) is 0 Å². The molecule has 5 nitrogen and oxygen atoms in total. The predicted molar refractivity (Wildman–Crippen MR) is 135 cm³/mol. The van der Waals surface area contributed by atoms with E-state index in [1.165, 1.54) is 0 Å². The fourth-order valence-electron chi connectivity index (χ4n) is 3.47. The Balaban J connectivity index is 1.45. The van der Waals surface area contributed by atoms with E-state index in [-0.39, 0.29) is 19.0 Å². The molecular formula is C29H31NO4. The van der Waals surface area contributed by atoms with Crippen molar-refractivity contribution in [1.29, 1.82) is 0 Å². The molecule has 176 valence electrons. The van der Waals surface area contributed by atoms with Gasteiger partial charge in [-0.2, -0.15) is 0 Å². The second kappa shape index (κ2) is 11.3. The first-order valence-electron chi connectivity index (χ1n) is 11.3. The van der Waals surface area contributed by atoms with Crippen LogP contribution < -0.4 is 5.32 Å². The maximum absolute atomic E-state index is 12.6. The smallest absolute Gasteiger partial charge is 0.407 e. The van der Waals surface area contributed by atoms with E-state index in [1.54, 1.807) is 24.3 Å². The highest BCUT2D eigenvalue weighted by molar-refractivity contribution is 6.10. The van der Waals surface area contributed by atoms with Gasteiger partial charge in [-0.3, -0.25) is 4.79 Å². The molecule has 0 spiro atoms. The third-order valence-corrected chi connectivity index (χ3v) is 5.46. The summed E-state index contributed by atoms with van der Waals surface area (Å²) in [5.41, 5.74) is 3.62. The molecule has 1 N–H and O–H groups in total. The summed E-state index contributed by atoms with van der Waals surface area (Å²) in [6, 6.07) is 17.1. The zero-order valence-corrected chi connectivity index (χ0v) is 20.0. The van der Waals surface area contributed by atoms with Crippen molar-refractivity contribution in [3.05, 3.63) is 114 Å². The molecule has 34 heavy (non-hydrogen) atoms. The van der Waals surface area contributed by atoms with Crippen LogP contribution in [0.4, 0.5) is 4.79 Å². The van der Waals surface area contributed by atoms with Crippen LogP contribution >= 0.6 is 0 Å². The van der Waals surface area contributed by atoms with Crippen LogP contribution in [-0.4, -0.2) is 25.1 Å². The highest BCUT2D eigenvalue weighted by Gasteiger charge is 2.24. The molecule has 1 amide bonds. The summed E-state index contributed by atoms with van der Waals surface area (Å²) in [5.74, 6) is 0.607. The topological polar surface area (TPSA) is 64.6 Å². The lowest BCUT2D eigenvalue weighted by Gasteiger charge is -2.27. The fourth-order valence-corrected chi connectivity index (χ4v) is 3.47. The number of allylic oxidation sites excluding steroid dienone is 6. The number of hydrogen-bond donors (Lipinski definition) is 1. The summed E-state index contributed by atoms with van der Waals surface area (Å²) in [6.07, 6.45) is 7.34. The number of ketones is 1. The van der Waals surface area contributed by atoms with Crippen LogP contribution in [0.1, 0.15) is 48.7 Å². The Labute approximate surface area is 201 Å². The Morgan fingerprint density at radius 2 is 1.71 bits per heavy atom. The van der Waals surface area contributed by atoms with Gasteiger partial charge in [-0.15, -0.1) is 0 Å². The number of alkyl carbamates (subject to hydrolysis) is 1. The molecule has 3 rings (SSSR count). The highest BCUT2D eigenvalue weighted by Crippen LogP contribution is 2.23. The number of nitrogens with one attached hydrogen (secondary N) is 1. The van der Waals surface area contributed by atoms with Gasteiger partial charge in [0.15, 0.2) is 5.78 Å². The largest absolute Gasteiger partial charge is 0.490 e. The summed E-state index contributed by atoms with van der Waals surface area (Å²) in [4.78, 5) is 24.9. The number of amides is 1. The molecule has 0 unspecified atom stereocenters. The van der Waals surface area contributed by atoms with Gasteiger partial charge in [0.2, 0.25) is 0 Å². The zero-order valence-electron chi connectivity index (χ0n) is 20.0. The highest BCUT2D eigenvalue weighted by atomic mass is 16.6. The molecule has 0 heterocycles. The van der Waals surface area contributed by atoms with E-state index in [0.717, 1.165) is 16.7 Å². The van der Waals surface area contributed by atoms with Gasteiger partial charge in [0.05, 0.1) is 5.54 Å². The molecule has 0 aliphatic heterocycles. The monoisotopic (exact) mass is 457 g/mol. The SMILES string of the molecule is C=C(C)c1cccc(C(C)(C)NC(=O)OCCOC2=CCC=C(C(=O)c3ccccc3)C=C2)c1. The van der Waals surface area contributed by atoms with E-state index in [0.29, 0.717) is 23.3 Å². The number of benzene rings is 2. The van der Waals surface area contributed by atoms with Crippen molar-refractivity contribution < 1.29 is 19.1 Å². The number of ether oxygens (including phenoxy) is 2. The third-order valence-electron chi connectivity index (χ3n) is 5.46. The first-order valence-corrected chi connectivity index (χ1v) is 11.3. The van der Waals surface area contributed by atoms with Gasteiger partial charge in [0.1, 0.15) is 19.0 Å². The summed E-state index contributed by atoms with van der Waals surface area (Å²) in [6.45, 7) is 10.1. The van der Waals surface area contributed by atoms with Crippen molar-refractivity contribution >= 4 is 17.4 Å². The van der Waals surface area contributed by atoms with Crippen molar-refractivity contribution in [3.63, 3.8) is 0 Å². The average Bonchev–Trinajstić information content (AvgIpc) is 3.07. The normalized spacial score (nSPS) is 13.3. The molecular weight excluding hydrogens is 426 g/mol. The molecule has 0 bridgehead atoms. The maximum Gasteiger partial charge on any atom is 0.407 e. The Bertz CT molecular complexity index is 1140. The molecule has 2 aromatic rings. The van der Waals surface area contributed by atoms with Crippen LogP contribution in [0.5, 0.6) is 0 Å². The van der Waals surface area contributed by atoms with Gasteiger partial charge in [-0.05, 0) is 62.6 Å². The molecule has 1 aliphatic carbocycles. The molecule has 0 atom stereocenters. The predicted octanol–water partition coefficient (Wildman–Crippen LogP) is 6.35. The number of hydrogen-bond acceptors (Lipinski definition) is 4. The Kier molecular flexibility index (Phi) is 8.25. The number of rotatable bonds is 9. The number of Topliss-reactive ketones (excluding diaryl/α,β-unsaturated/α-hetero) is 1. The van der Waals surface area contributed by atoms with Gasteiger partial charge in [-0.1, -0.05) is 66.8 Å². The lowest BCUT2D eigenvalue weighted by atomic mass is 9.92.